The lowest BCUT2D eigenvalue weighted by Gasteiger charge is -2.09. The minimum absolute atomic E-state index is 0.0790. The second kappa shape index (κ2) is 8.18. The van der Waals surface area contributed by atoms with Gasteiger partial charge in [0.2, 0.25) is 0 Å². The Labute approximate surface area is 130 Å². The third-order valence-electron chi connectivity index (χ3n) is 2.55. The molecule has 18 heavy (non-hydrogen) atoms. The van der Waals surface area contributed by atoms with Gasteiger partial charge in [-0.05, 0) is 37.0 Å². The molecule has 0 aliphatic heterocycles. The van der Waals surface area contributed by atoms with Crippen molar-refractivity contribution in [1.29, 1.82) is 0 Å². The van der Waals surface area contributed by atoms with Gasteiger partial charge in [-0.2, -0.15) is 0 Å². The summed E-state index contributed by atoms with van der Waals surface area (Å²) < 4.78 is 0.813. The van der Waals surface area contributed by atoms with Crippen molar-refractivity contribution in [1.82, 2.24) is 5.32 Å². The molecule has 100 valence electrons. The van der Waals surface area contributed by atoms with Gasteiger partial charge in [-0.25, -0.2) is 0 Å². The third kappa shape index (κ3) is 5.72. The number of alkyl halides is 1. The zero-order valence-electron chi connectivity index (χ0n) is 10.2. The van der Waals surface area contributed by atoms with E-state index in [1.807, 2.05) is 0 Å². The minimum Gasteiger partial charge on any atom is -0.352 e. The van der Waals surface area contributed by atoms with Crippen LogP contribution in [0.25, 0.3) is 0 Å². The highest BCUT2D eigenvalue weighted by molar-refractivity contribution is 9.10. The molecule has 1 rings (SSSR count). The Morgan fingerprint density at radius 1 is 1.44 bits per heavy atom. The van der Waals surface area contributed by atoms with Gasteiger partial charge < -0.3 is 5.32 Å². The summed E-state index contributed by atoms with van der Waals surface area (Å²) in [5, 5.41) is 4.46. The molecule has 1 atom stereocenters. The van der Waals surface area contributed by atoms with Crippen LogP contribution in [0.3, 0.4) is 0 Å². The normalized spacial score (nSPS) is 12.2. The van der Waals surface area contributed by atoms with E-state index in [0.717, 1.165) is 22.6 Å². The van der Waals surface area contributed by atoms with Crippen LogP contribution >= 0.6 is 43.5 Å². The second-order valence-electron chi connectivity index (χ2n) is 4.32. The Kier molecular flexibility index (Phi) is 7.27. The quantitative estimate of drug-likeness (QED) is 0.550. The van der Waals surface area contributed by atoms with Gasteiger partial charge in [-0.3, -0.25) is 4.79 Å². The van der Waals surface area contributed by atoms with Gasteiger partial charge in [-0.15, -0.1) is 0 Å². The molecule has 0 radical (unpaired) electrons. The molecule has 0 heterocycles. The van der Waals surface area contributed by atoms with Crippen molar-refractivity contribution in [3.8, 4) is 0 Å². The first-order valence-electron chi connectivity index (χ1n) is 5.83. The van der Waals surface area contributed by atoms with Crippen LogP contribution in [0.15, 0.2) is 22.7 Å². The third-order valence-corrected chi connectivity index (χ3v) is 4.33. The average Bonchev–Trinajstić information content (AvgIpc) is 2.32. The van der Waals surface area contributed by atoms with E-state index in [0.29, 0.717) is 23.0 Å². The molecular weight excluding hydrogens is 381 g/mol. The van der Waals surface area contributed by atoms with Crippen LogP contribution in [-0.2, 0) is 0 Å². The maximum Gasteiger partial charge on any atom is 0.251 e. The maximum atomic E-state index is 11.9. The summed E-state index contributed by atoms with van der Waals surface area (Å²) >= 11 is 12.7. The number of carbonyl (C=O) groups is 1. The lowest BCUT2D eigenvalue weighted by atomic mass is 10.1. The summed E-state index contributed by atoms with van der Waals surface area (Å²) in [6.45, 7) is 2.88. The molecule has 1 amide bonds. The molecule has 1 aromatic rings. The van der Waals surface area contributed by atoms with Crippen molar-refractivity contribution in [2.45, 2.75) is 19.8 Å². The number of amides is 1. The van der Waals surface area contributed by atoms with Crippen molar-refractivity contribution in [3.05, 3.63) is 33.3 Å². The Hall–Kier alpha value is -0.0600. The van der Waals surface area contributed by atoms with Gasteiger partial charge >= 0.3 is 0 Å². The van der Waals surface area contributed by atoms with E-state index >= 15 is 0 Å². The van der Waals surface area contributed by atoms with Gasteiger partial charge in [0, 0.05) is 26.9 Å². The van der Waals surface area contributed by atoms with E-state index in [1.165, 1.54) is 0 Å². The number of rotatable bonds is 6. The molecule has 2 nitrogen and oxygen atoms in total. The molecule has 0 bridgehead atoms. The smallest absolute Gasteiger partial charge is 0.251 e. The van der Waals surface area contributed by atoms with E-state index in [-0.39, 0.29) is 5.91 Å². The first-order valence-corrected chi connectivity index (χ1v) is 8.12. The van der Waals surface area contributed by atoms with E-state index in [1.54, 1.807) is 18.2 Å². The zero-order chi connectivity index (χ0) is 13.5. The molecule has 0 saturated carbocycles. The summed E-state index contributed by atoms with van der Waals surface area (Å²) in [5.74, 6) is 0.562. The van der Waals surface area contributed by atoms with Crippen LogP contribution in [-0.4, -0.2) is 17.8 Å². The predicted molar refractivity (Wildman–Crippen MR) is 83.7 cm³/mol. The topological polar surface area (TPSA) is 29.1 Å². The van der Waals surface area contributed by atoms with E-state index < -0.39 is 0 Å². The largest absolute Gasteiger partial charge is 0.352 e. The van der Waals surface area contributed by atoms with Crippen molar-refractivity contribution < 1.29 is 4.79 Å². The Morgan fingerprint density at radius 2 is 2.17 bits per heavy atom. The van der Waals surface area contributed by atoms with Crippen LogP contribution in [0.5, 0.6) is 0 Å². The first kappa shape index (κ1) is 16.0. The lowest BCUT2D eigenvalue weighted by molar-refractivity contribution is 0.0952. The molecule has 0 aromatic heterocycles. The standard InChI is InChI=1S/C13H16Br2ClNO/c1-9(8-14)3-2-4-17-13(18)10-5-11(15)7-12(16)6-10/h5-7,9H,2-4,8H2,1H3,(H,17,18). The maximum absolute atomic E-state index is 11.9. The number of hydrogen-bond acceptors (Lipinski definition) is 1. The van der Waals surface area contributed by atoms with Crippen molar-refractivity contribution in [3.63, 3.8) is 0 Å². The highest BCUT2D eigenvalue weighted by Crippen LogP contribution is 2.19. The number of hydrogen-bond donors (Lipinski definition) is 1. The van der Waals surface area contributed by atoms with Crippen LogP contribution in [0.4, 0.5) is 0 Å². The Morgan fingerprint density at radius 3 is 2.78 bits per heavy atom. The van der Waals surface area contributed by atoms with E-state index in [4.69, 9.17) is 11.6 Å². The molecule has 0 spiro atoms. The molecule has 0 fully saturated rings. The van der Waals surface area contributed by atoms with Gasteiger partial charge in [0.25, 0.3) is 5.91 Å². The molecule has 1 aromatic carbocycles. The molecule has 0 aliphatic rings. The molecule has 5 heteroatoms. The fourth-order valence-corrected chi connectivity index (χ4v) is 2.70. The average molecular weight is 398 g/mol. The molecule has 1 N–H and O–H groups in total. The second-order valence-corrected chi connectivity index (χ2v) is 6.32. The summed E-state index contributed by atoms with van der Waals surface area (Å²) in [5.41, 5.74) is 0.586. The van der Waals surface area contributed by atoms with Gasteiger partial charge in [0.05, 0.1) is 0 Å². The monoisotopic (exact) mass is 395 g/mol. The molecule has 0 saturated heterocycles. The fraction of sp³-hybridized carbons (Fsp3) is 0.462. The van der Waals surface area contributed by atoms with Crippen LogP contribution in [0.2, 0.25) is 5.02 Å². The number of benzene rings is 1. The zero-order valence-corrected chi connectivity index (χ0v) is 14.1. The van der Waals surface area contributed by atoms with Crippen molar-refractivity contribution in [2.24, 2.45) is 5.92 Å². The first-order chi connectivity index (χ1) is 8.52. The summed E-state index contributed by atoms with van der Waals surface area (Å²) in [4.78, 5) is 11.9. The van der Waals surface area contributed by atoms with Crippen molar-refractivity contribution in [2.75, 3.05) is 11.9 Å². The van der Waals surface area contributed by atoms with Crippen LogP contribution < -0.4 is 5.32 Å². The van der Waals surface area contributed by atoms with Crippen LogP contribution in [0.1, 0.15) is 30.1 Å². The molecule has 0 aliphatic carbocycles. The van der Waals surface area contributed by atoms with Gasteiger partial charge in [-0.1, -0.05) is 50.4 Å². The SMILES string of the molecule is CC(CBr)CCCNC(=O)c1cc(Cl)cc(Br)c1. The summed E-state index contributed by atoms with van der Waals surface area (Å²) in [6, 6.07) is 5.20. The Bertz CT molecular complexity index is 392. The van der Waals surface area contributed by atoms with E-state index in [9.17, 15) is 4.79 Å². The van der Waals surface area contributed by atoms with Gasteiger partial charge in [0.15, 0.2) is 0 Å². The molecule has 1 unspecified atom stereocenters. The highest BCUT2D eigenvalue weighted by Gasteiger charge is 2.07. The van der Waals surface area contributed by atoms with Crippen molar-refractivity contribution >= 4 is 49.4 Å². The number of carbonyl (C=O) groups excluding carboxylic acids is 1. The number of nitrogens with one attached hydrogen (secondary N) is 1. The van der Waals surface area contributed by atoms with Gasteiger partial charge in [0.1, 0.15) is 0 Å². The van der Waals surface area contributed by atoms with Crippen LogP contribution in [0, 0.1) is 5.92 Å². The van der Waals surface area contributed by atoms with E-state index in [2.05, 4.69) is 44.1 Å². The number of halogens is 3. The Balaban J connectivity index is 2.41. The fourth-order valence-electron chi connectivity index (χ4n) is 1.52. The lowest BCUT2D eigenvalue weighted by Crippen LogP contribution is -2.24. The predicted octanol–water partition coefficient (Wildman–Crippen LogP) is 4.64. The summed E-state index contributed by atoms with van der Waals surface area (Å²) in [6.07, 6.45) is 2.09. The minimum atomic E-state index is -0.0790. The highest BCUT2D eigenvalue weighted by atomic mass is 79.9. The summed E-state index contributed by atoms with van der Waals surface area (Å²) in [7, 11) is 0. The molecular formula is C13H16Br2ClNO.